The van der Waals surface area contributed by atoms with Crippen LogP contribution in [0, 0.1) is 0 Å². The Labute approximate surface area is 183 Å². The second kappa shape index (κ2) is 10.5. The molecular formula is C18H29N7O5S. The van der Waals surface area contributed by atoms with Crippen LogP contribution in [-0.2, 0) is 9.53 Å². The molecule has 1 unspecified atom stereocenters. The van der Waals surface area contributed by atoms with Crippen LogP contribution in [0.3, 0.4) is 0 Å². The van der Waals surface area contributed by atoms with E-state index in [9.17, 15) is 15.0 Å². The first-order chi connectivity index (χ1) is 14.8. The van der Waals surface area contributed by atoms with Crippen LogP contribution in [0.4, 0.5) is 5.82 Å². The van der Waals surface area contributed by atoms with Gasteiger partial charge in [0.2, 0.25) is 0 Å². The number of aliphatic carboxylic acids is 1. The highest BCUT2D eigenvalue weighted by Crippen LogP contribution is 2.33. The van der Waals surface area contributed by atoms with Crippen molar-refractivity contribution < 1.29 is 24.9 Å². The van der Waals surface area contributed by atoms with E-state index in [4.69, 9.17) is 15.6 Å². The summed E-state index contributed by atoms with van der Waals surface area (Å²) in [6, 6.07) is -0.919. The monoisotopic (exact) mass is 455 g/mol. The van der Waals surface area contributed by atoms with E-state index in [0.717, 1.165) is 6.54 Å². The van der Waals surface area contributed by atoms with Gasteiger partial charge < -0.3 is 36.0 Å². The van der Waals surface area contributed by atoms with Crippen LogP contribution in [0.15, 0.2) is 12.7 Å². The second-order valence-corrected chi connectivity index (χ2v) is 8.78. The van der Waals surface area contributed by atoms with Crippen molar-refractivity contribution in [2.75, 3.05) is 44.0 Å². The molecular weight excluding hydrogens is 426 g/mol. The lowest BCUT2D eigenvalue weighted by Crippen LogP contribution is -2.33. The molecule has 13 heteroatoms. The zero-order valence-electron chi connectivity index (χ0n) is 17.5. The van der Waals surface area contributed by atoms with E-state index in [1.807, 2.05) is 19.0 Å². The first kappa shape index (κ1) is 23.6. The molecule has 0 aromatic carbocycles. The number of nitrogens with zero attached hydrogens (tertiary/aromatic N) is 5. The van der Waals surface area contributed by atoms with Crippen LogP contribution >= 0.6 is 11.8 Å². The Hall–Kier alpha value is -2.03. The lowest BCUT2D eigenvalue weighted by Gasteiger charge is -2.16. The third kappa shape index (κ3) is 5.61. The number of anilines is 1. The Balaban J connectivity index is 1.65. The Kier molecular flexibility index (Phi) is 8.02. The molecule has 172 valence electrons. The molecule has 1 aliphatic heterocycles. The van der Waals surface area contributed by atoms with Crippen LogP contribution in [0.5, 0.6) is 0 Å². The number of likely N-dealkylation sites (N-methyl/N-ethyl adjacent to an activating group) is 1. The summed E-state index contributed by atoms with van der Waals surface area (Å²) in [4.78, 5) is 25.7. The third-order valence-corrected chi connectivity index (χ3v) is 6.08. The van der Waals surface area contributed by atoms with Crippen molar-refractivity contribution in [3.05, 3.63) is 12.7 Å². The molecule has 6 N–H and O–H groups in total. The molecule has 5 atom stereocenters. The third-order valence-electron chi connectivity index (χ3n) is 4.99. The molecule has 0 bridgehead atoms. The predicted molar refractivity (Wildman–Crippen MR) is 116 cm³/mol. The summed E-state index contributed by atoms with van der Waals surface area (Å²) in [7, 11) is 3.96. The highest BCUT2D eigenvalue weighted by molar-refractivity contribution is 7.99. The van der Waals surface area contributed by atoms with E-state index < -0.39 is 36.6 Å². The molecule has 0 amide bonds. The minimum atomic E-state index is -1.16. The average Bonchev–Trinajstić information content (AvgIpc) is 3.27. The first-order valence-corrected chi connectivity index (χ1v) is 11.1. The number of rotatable bonds is 11. The number of carboxylic acid groups (broad SMARTS) is 1. The van der Waals surface area contributed by atoms with Gasteiger partial charge in [0.25, 0.3) is 0 Å². The van der Waals surface area contributed by atoms with Gasteiger partial charge in [-0.15, -0.1) is 0 Å². The molecule has 1 saturated heterocycles. The van der Waals surface area contributed by atoms with Gasteiger partial charge in [-0.2, -0.15) is 11.8 Å². The van der Waals surface area contributed by atoms with Crippen molar-refractivity contribution in [2.45, 2.75) is 37.0 Å². The molecule has 1 fully saturated rings. The van der Waals surface area contributed by atoms with E-state index >= 15 is 0 Å². The highest BCUT2D eigenvalue weighted by atomic mass is 32.2. The molecule has 31 heavy (non-hydrogen) atoms. The van der Waals surface area contributed by atoms with Gasteiger partial charge in [0, 0.05) is 18.8 Å². The molecule has 3 heterocycles. The lowest BCUT2D eigenvalue weighted by molar-refractivity contribution is -0.138. The van der Waals surface area contributed by atoms with E-state index in [1.165, 1.54) is 24.4 Å². The van der Waals surface area contributed by atoms with Gasteiger partial charge in [-0.05, 0) is 26.3 Å². The Morgan fingerprint density at radius 2 is 2.13 bits per heavy atom. The fourth-order valence-electron chi connectivity index (χ4n) is 3.20. The summed E-state index contributed by atoms with van der Waals surface area (Å²) >= 11 is 1.41. The Bertz CT molecular complexity index is 882. The molecule has 2 aromatic heterocycles. The Morgan fingerprint density at radius 3 is 2.84 bits per heavy atom. The molecule has 3 rings (SSSR count). The molecule has 0 radical (unpaired) electrons. The predicted octanol–water partition coefficient (Wildman–Crippen LogP) is -1.05. The van der Waals surface area contributed by atoms with Crippen molar-refractivity contribution in [1.29, 1.82) is 0 Å². The summed E-state index contributed by atoms with van der Waals surface area (Å²) < 4.78 is 7.50. The highest BCUT2D eigenvalue weighted by Gasteiger charge is 2.44. The number of carbonyl (C=O) groups is 1. The largest absolute Gasteiger partial charge is 0.480 e. The summed E-state index contributed by atoms with van der Waals surface area (Å²) in [5.74, 6) is 0.433. The number of aliphatic hydroxyl groups excluding tert-OH is 2. The van der Waals surface area contributed by atoms with Crippen molar-refractivity contribution in [3.63, 3.8) is 0 Å². The van der Waals surface area contributed by atoms with E-state index in [-0.39, 0.29) is 0 Å². The number of hydrogen-bond acceptors (Lipinski definition) is 11. The van der Waals surface area contributed by atoms with Crippen LogP contribution in [0.2, 0.25) is 0 Å². The quantitative estimate of drug-likeness (QED) is 0.261. The molecule has 12 nitrogen and oxygen atoms in total. The van der Waals surface area contributed by atoms with Crippen molar-refractivity contribution in [1.82, 2.24) is 24.4 Å². The zero-order valence-corrected chi connectivity index (χ0v) is 18.3. The first-order valence-electron chi connectivity index (χ1n) is 9.93. The van der Waals surface area contributed by atoms with Crippen molar-refractivity contribution >= 4 is 34.7 Å². The normalized spacial score (nSPS) is 24.7. The fourth-order valence-corrected chi connectivity index (χ4v) is 4.29. The number of ether oxygens (including phenoxy) is 1. The lowest BCUT2D eigenvalue weighted by atomic mass is 10.1. The van der Waals surface area contributed by atoms with Gasteiger partial charge in [-0.3, -0.25) is 9.36 Å². The maximum absolute atomic E-state index is 10.8. The fraction of sp³-hybridized carbons (Fsp3) is 0.667. The van der Waals surface area contributed by atoms with Gasteiger partial charge in [-0.25, -0.2) is 15.0 Å². The number of carboxylic acids is 1. The van der Waals surface area contributed by atoms with Gasteiger partial charge in [0.1, 0.15) is 24.6 Å². The average molecular weight is 456 g/mol. The van der Waals surface area contributed by atoms with Crippen molar-refractivity contribution in [2.24, 2.45) is 5.73 Å². The van der Waals surface area contributed by atoms with Crippen LogP contribution in [0.25, 0.3) is 11.2 Å². The number of aromatic nitrogens is 4. The minimum Gasteiger partial charge on any atom is -0.480 e. The van der Waals surface area contributed by atoms with Crippen LogP contribution in [-0.4, -0.2) is 109 Å². The maximum Gasteiger partial charge on any atom is 0.320 e. The number of hydrogen-bond donors (Lipinski definition) is 5. The van der Waals surface area contributed by atoms with E-state index in [2.05, 4.69) is 20.3 Å². The minimum absolute atomic E-state index is 0.307. The summed E-state index contributed by atoms with van der Waals surface area (Å²) in [5, 5.41) is 33.0. The molecule has 0 aliphatic carbocycles. The van der Waals surface area contributed by atoms with Gasteiger partial charge in [-0.1, -0.05) is 0 Å². The number of aliphatic hydroxyl groups is 2. The van der Waals surface area contributed by atoms with Crippen molar-refractivity contribution in [3.8, 4) is 0 Å². The SMILES string of the molecule is CN(C)CCNc1ncnc2c1ncn2[C@@H]1O[C@H](CSCCC(N)C(=O)O)[C@@H](O)[C@H]1O. The summed E-state index contributed by atoms with van der Waals surface area (Å²) in [5.41, 5.74) is 6.53. The number of imidazole rings is 1. The molecule has 0 spiro atoms. The molecule has 2 aromatic rings. The number of fused-ring (bicyclic) bond motifs is 1. The Morgan fingerprint density at radius 1 is 1.35 bits per heavy atom. The smallest absolute Gasteiger partial charge is 0.320 e. The van der Waals surface area contributed by atoms with Crippen LogP contribution in [0.1, 0.15) is 12.6 Å². The van der Waals surface area contributed by atoms with E-state index in [1.54, 1.807) is 4.57 Å². The molecule has 1 aliphatic rings. The summed E-state index contributed by atoms with van der Waals surface area (Å²) in [6.45, 7) is 1.50. The second-order valence-electron chi connectivity index (χ2n) is 7.63. The van der Waals surface area contributed by atoms with Crippen LogP contribution < -0.4 is 11.1 Å². The number of nitrogens with one attached hydrogen (secondary N) is 1. The maximum atomic E-state index is 10.8. The van der Waals surface area contributed by atoms with Gasteiger partial charge >= 0.3 is 5.97 Å². The topological polar surface area (TPSA) is 172 Å². The van der Waals surface area contributed by atoms with Gasteiger partial charge in [0.15, 0.2) is 23.2 Å². The van der Waals surface area contributed by atoms with E-state index in [0.29, 0.717) is 41.5 Å². The molecule has 0 saturated carbocycles. The number of thioether (sulfide) groups is 1. The standard InChI is InChI=1S/C18H29N7O5S/c1-24(2)5-4-20-15-12-16(22-8-21-15)25(9-23-12)17-14(27)13(26)11(30-17)7-31-6-3-10(19)18(28)29/h8-11,13-14,17,26-27H,3-7,19H2,1-2H3,(H,28,29)(H,20,21,22)/t10?,11-,13-,14-,17-/m1/s1. The zero-order chi connectivity index (χ0) is 22.5. The van der Waals surface area contributed by atoms with Gasteiger partial charge in [0.05, 0.1) is 12.4 Å². The number of nitrogens with two attached hydrogens (primary N) is 1. The summed E-state index contributed by atoms with van der Waals surface area (Å²) in [6.07, 6.45) is -0.499.